The topological polar surface area (TPSA) is 101 Å². The van der Waals surface area contributed by atoms with E-state index < -0.39 is 5.82 Å². The molecule has 0 amide bonds. The number of hydroxylamine groups is 1. The lowest BCUT2D eigenvalue weighted by Crippen LogP contribution is -2.27. The number of aromatic nitrogens is 3. The third-order valence-corrected chi connectivity index (χ3v) is 3.85. The number of H-pyrrole nitrogens is 1. The normalized spacial score (nSPS) is 10.8. The number of benzene rings is 1. The Bertz CT molecular complexity index is 896. The van der Waals surface area contributed by atoms with Crippen LogP contribution in [-0.2, 0) is 0 Å². The fourth-order valence-electron chi connectivity index (χ4n) is 2.09. The number of nitrogens with one attached hydrogen (secondary N) is 3. The van der Waals surface area contributed by atoms with E-state index in [-0.39, 0.29) is 16.0 Å². The number of imidazole rings is 1. The zero-order valence-electron chi connectivity index (χ0n) is 11.9. The largest absolute Gasteiger partial charge is 0.359 e. The van der Waals surface area contributed by atoms with Crippen LogP contribution >= 0.6 is 15.9 Å². The van der Waals surface area contributed by atoms with Crippen LogP contribution in [0.3, 0.4) is 0 Å². The van der Waals surface area contributed by atoms with Crippen molar-refractivity contribution in [2.45, 2.75) is 0 Å². The molecule has 118 valence electrons. The van der Waals surface area contributed by atoms with Gasteiger partial charge in [-0.2, -0.15) is 4.98 Å². The van der Waals surface area contributed by atoms with E-state index in [1.165, 1.54) is 24.4 Å². The monoisotopic (exact) mass is 378 g/mol. The molecule has 0 aliphatic carbocycles. The van der Waals surface area contributed by atoms with Crippen molar-refractivity contribution in [2.24, 2.45) is 0 Å². The molecular weight excluding hydrogens is 367 g/mol. The Hall–Kier alpha value is -2.52. The summed E-state index contributed by atoms with van der Waals surface area (Å²) in [5.74, 6) is -0.142. The molecule has 0 bridgehead atoms. The number of fused-ring (bicyclic) bond motifs is 1. The molecule has 0 atom stereocenters. The average Bonchev–Trinajstić information content (AvgIpc) is 2.99. The first-order valence-electron chi connectivity index (χ1n) is 6.56. The van der Waals surface area contributed by atoms with E-state index in [9.17, 15) is 9.60 Å². The minimum absolute atomic E-state index is 0.192. The van der Waals surface area contributed by atoms with E-state index in [1.807, 2.05) is 0 Å². The van der Waals surface area contributed by atoms with Crippen molar-refractivity contribution in [1.29, 1.82) is 5.41 Å². The molecule has 1 aromatic carbocycles. The molecule has 7 nitrogen and oxygen atoms in total. The van der Waals surface area contributed by atoms with E-state index in [4.69, 9.17) is 5.41 Å². The molecule has 0 unspecified atom stereocenters. The Labute approximate surface area is 138 Å². The Morgan fingerprint density at radius 3 is 2.91 bits per heavy atom. The van der Waals surface area contributed by atoms with Gasteiger partial charge in [-0.15, -0.1) is 0 Å². The zero-order chi connectivity index (χ0) is 16.6. The molecule has 0 aliphatic heterocycles. The van der Waals surface area contributed by atoms with Crippen LogP contribution < -0.4 is 10.4 Å². The maximum Gasteiger partial charge on any atom is 0.202 e. The number of hydrogen-bond donors (Lipinski definition) is 4. The highest BCUT2D eigenvalue weighted by Crippen LogP contribution is 2.25. The first-order valence-corrected chi connectivity index (χ1v) is 7.36. The fourth-order valence-corrected chi connectivity index (χ4v) is 2.45. The number of amidine groups is 1. The van der Waals surface area contributed by atoms with Crippen molar-refractivity contribution in [1.82, 2.24) is 15.0 Å². The van der Waals surface area contributed by atoms with Crippen LogP contribution in [-0.4, -0.2) is 33.0 Å². The van der Waals surface area contributed by atoms with Crippen LogP contribution in [0.1, 0.15) is 5.56 Å². The smallest absolute Gasteiger partial charge is 0.202 e. The number of pyridine rings is 1. The van der Waals surface area contributed by atoms with Gasteiger partial charge < -0.3 is 10.3 Å². The second-order valence-electron chi connectivity index (χ2n) is 4.65. The van der Waals surface area contributed by atoms with Gasteiger partial charge in [-0.25, -0.2) is 14.4 Å². The Morgan fingerprint density at radius 1 is 1.43 bits per heavy atom. The molecule has 0 saturated heterocycles. The standard InChI is InChI=1S/C14H12BrFN6O/c1-18-14-20-11-8(4-5-19-13(11)21-14)12(17)22(23)7-2-3-10(16)9(15)6-7/h2-6,17,23H,1H3,(H2,18,19,20,21). The molecule has 0 saturated carbocycles. The second-order valence-corrected chi connectivity index (χ2v) is 5.51. The van der Waals surface area contributed by atoms with Gasteiger partial charge in [-0.05, 0) is 40.2 Å². The van der Waals surface area contributed by atoms with E-state index in [0.717, 1.165) is 0 Å². The molecule has 0 spiro atoms. The summed E-state index contributed by atoms with van der Waals surface area (Å²) < 4.78 is 13.5. The van der Waals surface area contributed by atoms with Gasteiger partial charge in [0.15, 0.2) is 11.5 Å². The van der Waals surface area contributed by atoms with Crippen molar-refractivity contribution in [2.75, 3.05) is 17.4 Å². The van der Waals surface area contributed by atoms with Crippen LogP contribution in [0.2, 0.25) is 0 Å². The SMILES string of the molecule is CNc1nc2nccc(C(=N)N(O)c3ccc(F)c(Br)c3)c2[nH]1. The van der Waals surface area contributed by atoms with Crippen molar-refractivity contribution in [3.05, 3.63) is 46.3 Å². The van der Waals surface area contributed by atoms with Crippen molar-refractivity contribution < 1.29 is 9.60 Å². The lowest BCUT2D eigenvalue weighted by atomic mass is 10.2. The van der Waals surface area contributed by atoms with Crippen LogP contribution in [0.25, 0.3) is 11.2 Å². The maximum atomic E-state index is 13.3. The first kappa shape index (κ1) is 15.4. The maximum absolute atomic E-state index is 13.3. The molecule has 23 heavy (non-hydrogen) atoms. The lowest BCUT2D eigenvalue weighted by molar-refractivity contribution is 0.312. The predicted octanol–water partition coefficient (Wildman–Crippen LogP) is 3.12. The van der Waals surface area contributed by atoms with Crippen molar-refractivity contribution in [3.8, 4) is 0 Å². The summed E-state index contributed by atoms with van der Waals surface area (Å²) in [5.41, 5.74) is 1.60. The summed E-state index contributed by atoms with van der Waals surface area (Å²) in [5, 5.41) is 22.0. The molecule has 3 rings (SSSR count). The molecule has 0 aliphatic rings. The van der Waals surface area contributed by atoms with Gasteiger partial charge in [-0.3, -0.25) is 10.6 Å². The summed E-state index contributed by atoms with van der Waals surface area (Å²) in [7, 11) is 1.71. The number of aromatic amines is 1. The minimum atomic E-state index is -0.452. The number of anilines is 2. The van der Waals surface area contributed by atoms with Crippen LogP contribution in [0, 0.1) is 11.2 Å². The second kappa shape index (κ2) is 5.94. The first-order chi connectivity index (χ1) is 11.0. The number of rotatable bonds is 3. The molecule has 9 heteroatoms. The quantitative estimate of drug-likeness (QED) is 0.318. The third-order valence-electron chi connectivity index (χ3n) is 3.24. The highest BCUT2D eigenvalue weighted by atomic mass is 79.9. The number of hydrogen-bond acceptors (Lipinski definition) is 5. The van der Waals surface area contributed by atoms with Gasteiger partial charge in [-0.1, -0.05) is 0 Å². The van der Waals surface area contributed by atoms with Gasteiger partial charge in [0, 0.05) is 18.8 Å². The Kier molecular flexibility index (Phi) is 3.97. The van der Waals surface area contributed by atoms with Gasteiger partial charge in [0.05, 0.1) is 15.7 Å². The van der Waals surface area contributed by atoms with Gasteiger partial charge >= 0.3 is 0 Å². The molecule has 3 aromatic rings. The summed E-state index contributed by atoms with van der Waals surface area (Å²) >= 11 is 3.05. The predicted molar refractivity (Wildman–Crippen MR) is 88.6 cm³/mol. The van der Waals surface area contributed by atoms with E-state index in [1.54, 1.807) is 13.1 Å². The third kappa shape index (κ3) is 2.76. The van der Waals surface area contributed by atoms with E-state index in [0.29, 0.717) is 27.7 Å². The van der Waals surface area contributed by atoms with Crippen molar-refractivity contribution >= 4 is 44.6 Å². The van der Waals surface area contributed by atoms with Crippen molar-refractivity contribution in [3.63, 3.8) is 0 Å². The summed E-state index contributed by atoms with van der Waals surface area (Å²) in [6, 6.07) is 5.55. The average molecular weight is 379 g/mol. The van der Waals surface area contributed by atoms with E-state index >= 15 is 0 Å². The van der Waals surface area contributed by atoms with Crippen LogP contribution in [0.15, 0.2) is 34.9 Å². The van der Waals surface area contributed by atoms with E-state index in [2.05, 4.69) is 36.2 Å². The molecular formula is C14H12BrFN6O. The molecule has 4 N–H and O–H groups in total. The van der Waals surface area contributed by atoms with Crippen LogP contribution in [0.5, 0.6) is 0 Å². The number of halogens is 2. The molecule has 0 radical (unpaired) electrons. The zero-order valence-corrected chi connectivity index (χ0v) is 13.5. The minimum Gasteiger partial charge on any atom is -0.359 e. The summed E-state index contributed by atoms with van der Waals surface area (Å²) in [6.07, 6.45) is 1.50. The van der Waals surface area contributed by atoms with Gasteiger partial charge in [0.1, 0.15) is 5.82 Å². The fraction of sp³-hybridized carbons (Fsp3) is 0.0714. The molecule has 2 heterocycles. The van der Waals surface area contributed by atoms with Gasteiger partial charge in [0.25, 0.3) is 0 Å². The summed E-state index contributed by atoms with van der Waals surface area (Å²) in [6.45, 7) is 0. The summed E-state index contributed by atoms with van der Waals surface area (Å²) in [4.78, 5) is 11.3. The molecule has 0 fully saturated rings. The lowest BCUT2D eigenvalue weighted by Gasteiger charge is -2.18. The molecule has 2 aromatic heterocycles. The van der Waals surface area contributed by atoms with Crippen LogP contribution in [0.4, 0.5) is 16.0 Å². The highest BCUT2D eigenvalue weighted by molar-refractivity contribution is 9.10. The Balaban J connectivity index is 2.02. The Morgan fingerprint density at radius 2 is 2.22 bits per heavy atom. The van der Waals surface area contributed by atoms with Gasteiger partial charge in [0.2, 0.25) is 5.95 Å². The number of nitrogens with zero attached hydrogens (tertiary/aromatic N) is 3. The highest BCUT2D eigenvalue weighted by Gasteiger charge is 2.18.